The van der Waals surface area contributed by atoms with Crippen LogP contribution >= 0.6 is 0 Å². The zero-order chi connectivity index (χ0) is 24.2. The summed E-state index contributed by atoms with van der Waals surface area (Å²) in [5.41, 5.74) is 5.05. The van der Waals surface area contributed by atoms with Crippen LogP contribution in [0.5, 0.6) is 0 Å². The van der Waals surface area contributed by atoms with Crippen LogP contribution in [0.4, 0.5) is 0 Å². The first-order chi connectivity index (χ1) is 16.5. The summed E-state index contributed by atoms with van der Waals surface area (Å²) in [5, 5.41) is 0. The molecule has 2 aromatic rings. The summed E-state index contributed by atoms with van der Waals surface area (Å²) in [5.74, 6) is 0.973. The van der Waals surface area contributed by atoms with E-state index in [4.69, 9.17) is 9.47 Å². The highest BCUT2D eigenvalue weighted by Crippen LogP contribution is 2.38. The van der Waals surface area contributed by atoms with Crippen molar-refractivity contribution in [2.75, 3.05) is 13.2 Å². The maximum atomic E-state index is 11.1. The van der Waals surface area contributed by atoms with Gasteiger partial charge in [-0.2, -0.15) is 0 Å². The predicted octanol–water partition coefficient (Wildman–Crippen LogP) is 7.02. The number of carbonyl (C=O) groups excluding carboxylic acids is 2. The van der Waals surface area contributed by atoms with Gasteiger partial charge >= 0.3 is 11.9 Å². The Balaban J connectivity index is 1.39. The summed E-state index contributed by atoms with van der Waals surface area (Å²) >= 11 is 0. The van der Waals surface area contributed by atoms with E-state index < -0.39 is 0 Å². The van der Waals surface area contributed by atoms with E-state index in [1.807, 2.05) is 0 Å². The molecule has 0 amide bonds. The SMILES string of the molecule is C=CC(=O)OCCc1ccc(-c2ccc(C3CCC(CCCCCOC(C)=O)CC3)cc2)cc1. The highest BCUT2D eigenvalue weighted by Gasteiger charge is 2.22. The first kappa shape index (κ1) is 25.7. The molecule has 0 unspecified atom stereocenters. The van der Waals surface area contributed by atoms with Gasteiger partial charge in [0.25, 0.3) is 0 Å². The fourth-order valence-corrected chi connectivity index (χ4v) is 4.85. The summed E-state index contributed by atoms with van der Waals surface area (Å²) in [6.45, 7) is 5.82. The maximum Gasteiger partial charge on any atom is 0.330 e. The van der Waals surface area contributed by atoms with Crippen molar-refractivity contribution < 1.29 is 19.1 Å². The van der Waals surface area contributed by atoms with Crippen LogP contribution in [-0.2, 0) is 25.5 Å². The van der Waals surface area contributed by atoms with Gasteiger partial charge in [-0.25, -0.2) is 4.79 Å². The summed E-state index contributed by atoms with van der Waals surface area (Å²) in [7, 11) is 0. The third kappa shape index (κ3) is 8.48. The van der Waals surface area contributed by atoms with E-state index in [-0.39, 0.29) is 11.9 Å². The van der Waals surface area contributed by atoms with E-state index in [0.29, 0.717) is 25.6 Å². The summed E-state index contributed by atoms with van der Waals surface area (Å²) in [6, 6.07) is 17.6. The van der Waals surface area contributed by atoms with E-state index in [0.717, 1.165) is 24.3 Å². The van der Waals surface area contributed by atoms with Gasteiger partial charge in [-0.1, -0.05) is 74.4 Å². The standard InChI is InChI=1S/C30H38O4/c1-3-30(32)34-22-20-25-10-14-27(15-11-25)29-18-16-28(17-19-29)26-12-8-24(9-13-26)7-5-4-6-21-33-23(2)31/h3,10-11,14-19,24,26H,1,4-9,12-13,20-22H2,2H3. The molecule has 0 spiro atoms. The van der Waals surface area contributed by atoms with E-state index in [2.05, 4.69) is 55.1 Å². The Hall–Kier alpha value is -2.88. The third-order valence-corrected chi connectivity index (χ3v) is 6.88. The largest absolute Gasteiger partial charge is 0.466 e. The molecule has 0 aromatic heterocycles. The first-order valence-electron chi connectivity index (χ1n) is 12.7. The lowest BCUT2D eigenvalue weighted by Crippen LogP contribution is -2.13. The minimum Gasteiger partial charge on any atom is -0.466 e. The van der Waals surface area contributed by atoms with E-state index >= 15 is 0 Å². The lowest BCUT2D eigenvalue weighted by atomic mass is 9.77. The second-order valence-corrected chi connectivity index (χ2v) is 9.35. The molecule has 182 valence electrons. The van der Waals surface area contributed by atoms with E-state index in [1.165, 1.54) is 68.2 Å². The van der Waals surface area contributed by atoms with Crippen LogP contribution in [0.2, 0.25) is 0 Å². The molecular weight excluding hydrogens is 424 g/mol. The number of esters is 2. The molecule has 0 atom stereocenters. The molecule has 1 aliphatic carbocycles. The normalized spacial score (nSPS) is 17.7. The molecule has 0 saturated heterocycles. The zero-order valence-electron chi connectivity index (χ0n) is 20.5. The average molecular weight is 463 g/mol. The Kier molecular flexibility index (Phi) is 10.4. The van der Waals surface area contributed by atoms with Crippen molar-refractivity contribution >= 4 is 11.9 Å². The lowest BCUT2D eigenvalue weighted by molar-refractivity contribution is -0.141. The second-order valence-electron chi connectivity index (χ2n) is 9.35. The number of unbranched alkanes of at least 4 members (excludes halogenated alkanes) is 2. The molecule has 3 rings (SSSR count). The van der Waals surface area contributed by atoms with Crippen LogP contribution in [-0.4, -0.2) is 25.2 Å². The second kappa shape index (κ2) is 13.7. The molecule has 1 aliphatic rings. The molecule has 4 heteroatoms. The van der Waals surface area contributed by atoms with Crippen LogP contribution in [0, 0.1) is 5.92 Å². The van der Waals surface area contributed by atoms with Crippen molar-refractivity contribution in [1.82, 2.24) is 0 Å². The topological polar surface area (TPSA) is 52.6 Å². The van der Waals surface area contributed by atoms with Crippen molar-refractivity contribution in [2.24, 2.45) is 5.92 Å². The maximum absolute atomic E-state index is 11.1. The molecule has 0 radical (unpaired) electrons. The molecule has 0 heterocycles. The Morgan fingerprint density at radius 1 is 0.853 bits per heavy atom. The summed E-state index contributed by atoms with van der Waals surface area (Å²) in [6.07, 6.45) is 11.8. The van der Waals surface area contributed by atoms with Crippen molar-refractivity contribution in [2.45, 2.75) is 70.6 Å². The quantitative estimate of drug-likeness (QED) is 0.193. The Morgan fingerprint density at radius 2 is 1.50 bits per heavy atom. The molecule has 2 aromatic carbocycles. The highest BCUT2D eigenvalue weighted by atomic mass is 16.5. The Labute approximate surface area is 204 Å². The number of carbonyl (C=O) groups is 2. The molecule has 0 bridgehead atoms. The van der Waals surface area contributed by atoms with Gasteiger partial charge < -0.3 is 9.47 Å². The number of hydrogen-bond acceptors (Lipinski definition) is 4. The van der Waals surface area contributed by atoms with E-state index in [1.54, 1.807) is 0 Å². The molecule has 1 saturated carbocycles. The van der Waals surface area contributed by atoms with Crippen molar-refractivity contribution in [3.05, 3.63) is 72.3 Å². The smallest absolute Gasteiger partial charge is 0.330 e. The van der Waals surface area contributed by atoms with Crippen LogP contribution in [0.3, 0.4) is 0 Å². The van der Waals surface area contributed by atoms with Gasteiger partial charge in [0.1, 0.15) is 0 Å². The van der Waals surface area contributed by atoms with Gasteiger partial charge in [-0.05, 0) is 66.2 Å². The molecule has 34 heavy (non-hydrogen) atoms. The third-order valence-electron chi connectivity index (χ3n) is 6.88. The first-order valence-corrected chi connectivity index (χ1v) is 12.7. The average Bonchev–Trinajstić information content (AvgIpc) is 2.87. The number of ether oxygens (including phenoxy) is 2. The van der Waals surface area contributed by atoms with Gasteiger partial charge in [0.05, 0.1) is 13.2 Å². The van der Waals surface area contributed by atoms with Gasteiger partial charge in [0, 0.05) is 19.4 Å². The number of rotatable bonds is 12. The van der Waals surface area contributed by atoms with Gasteiger partial charge in [-0.3, -0.25) is 4.79 Å². The molecular formula is C30H38O4. The molecule has 0 N–H and O–H groups in total. The molecule has 4 nitrogen and oxygen atoms in total. The minimum absolute atomic E-state index is 0.176. The van der Waals surface area contributed by atoms with Crippen molar-refractivity contribution in [3.63, 3.8) is 0 Å². The fourth-order valence-electron chi connectivity index (χ4n) is 4.85. The summed E-state index contributed by atoms with van der Waals surface area (Å²) < 4.78 is 10.1. The van der Waals surface area contributed by atoms with Crippen molar-refractivity contribution in [1.29, 1.82) is 0 Å². The van der Waals surface area contributed by atoms with Gasteiger partial charge in [-0.15, -0.1) is 0 Å². The number of benzene rings is 2. The minimum atomic E-state index is -0.377. The van der Waals surface area contributed by atoms with Crippen LogP contribution < -0.4 is 0 Å². The van der Waals surface area contributed by atoms with Gasteiger partial charge in [0.15, 0.2) is 0 Å². The Morgan fingerprint density at radius 3 is 2.12 bits per heavy atom. The number of hydrogen-bond donors (Lipinski definition) is 0. The predicted molar refractivity (Wildman–Crippen MR) is 137 cm³/mol. The van der Waals surface area contributed by atoms with Crippen LogP contribution in [0.25, 0.3) is 11.1 Å². The Bertz CT molecular complexity index is 906. The molecule has 1 fully saturated rings. The van der Waals surface area contributed by atoms with Crippen molar-refractivity contribution in [3.8, 4) is 11.1 Å². The monoisotopic (exact) mass is 462 g/mol. The fraction of sp³-hybridized carbons (Fsp3) is 0.467. The molecule has 0 aliphatic heterocycles. The zero-order valence-corrected chi connectivity index (χ0v) is 20.5. The summed E-state index contributed by atoms with van der Waals surface area (Å²) in [4.78, 5) is 21.9. The van der Waals surface area contributed by atoms with Crippen LogP contribution in [0.15, 0.2) is 61.2 Å². The lowest BCUT2D eigenvalue weighted by Gasteiger charge is -2.29. The van der Waals surface area contributed by atoms with Gasteiger partial charge in [0.2, 0.25) is 0 Å². The highest BCUT2D eigenvalue weighted by molar-refractivity contribution is 5.81. The van der Waals surface area contributed by atoms with Crippen LogP contribution in [0.1, 0.15) is 75.3 Å². The van der Waals surface area contributed by atoms with E-state index in [9.17, 15) is 9.59 Å².